The fourth-order valence-electron chi connectivity index (χ4n) is 1.67. The zero-order chi connectivity index (χ0) is 13.0. The van der Waals surface area contributed by atoms with Crippen LogP contribution in [0.3, 0.4) is 0 Å². The number of pyridine rings is 1. The molecule has 0 fully saturated rings. The van der Waals surface area contributed by atoms with Crippen LogP contribution in [0.5, 0.6) is 0 Å². The Morgan fingerprint density at radius 2 is 2.00 bits per heavy atom. The topological polar surface area (TPSA) is 45.1 Å². The number of anilines is 1. The third-order valence-corrected chi connectivity index (χ3v) is 3.64. The van der Waals surface area contributed by atoms with Crippen LogP contribution in [-0.4, -0.2) is 16.6 Å². The first-order valence-electron chi connectivity index (χ1n) is 5.75. The van der Waals surface area contributed by atoms with Crippen LogP contribution in [0.25, 0.3) is 0 Å². The molecule has 0 aliphatic rings. The van der Waals surface area contributed by atoms with Crippen LogP contribution in [0.1, 0.15) is 17.2 Å². The maximum absolute atomic E-state index is 10.0. The van der Waals surface area contributed by atoms with E-state index < -0.39 is 6.10 Å². The van der Waals surface area contributed by atoms with Gasteiger partial charge in [0.05, 0.1) is 6.10 Å². The highest BCUT2D eigenvalue weighted by atomic mass is 79.9. The van der Waals surface area contributed by atoms with Crippen LogP contribution < -0.4 is 5.32 Å². The first-order chi connectivity index (χ1) is 8.66. The van der Waals surface area contributed by atoms with Gasteiger partial charge < -0.3 is 10.4 Å². The highest BCUT2D eigenvalue weighted by Gasteiger charge is 2.06. The van der Waals surface area contributed by atoms with E-state index in [-0.39, 0.29) is 0 Å². The lowest BCUT2D eigenvalue weighted by molar-refractivity contribution is 0.191. The fourth-order valence-corrected chi connectivity index (χ4v) is 1.92. The lowest BCUT2D eigenvalue weighted by Crippen LogP contribution is -2.12. The van der Waals surface area contributed by atoms with E-state index in [0.717, 1.165) is 15.7 Å². The highest BCUT2D eigenvalue weighted by molar-refractivity contribution is 9.10. The molecule has 0 aliphatic carbocycles. The van der Waals surface area contributed by atoms with Gasteiger partial charge in [-0.1, -0.05) is 15.9 Å². The summed E-state index contributed by atoms with van der Waals surface area (Å²) in [5.41, 5.74) is 3.04. The third-order valence-electron chi connectivity index (χ3n) is 2.75. The van der Waals surface area contributed by atoms with Crippen molar-refractivity contribution in [3.63, 3.8) is 0 Å². The summed E-state index contributed by atoms with van der Waals surface area (Å²) in [5.74, 6) is 0. The smallest absolute Gasteiger partial charge is 0.0963 e. The summed E-state index contributed by atoms with van der Waals surface area (Å²) in [6.07, 6.45) is 2.84. The second kappa shape index (κ2) is 5.98. The summed E-state index contributed by atoms with van der Waals surface area (Å²) < 4.78 is 1.09. The highest BCUT2D eigenvalue weighted by Crippen LogP contribution is 2.21. The van der Waals surface area contributed by atoms with Crippen LogP contribution >= 0.6 is 15.9 Å². The van der Waals surface area contributed by atoms with Crippen LogP contribution in [0.2, 0.25) is 0 Å². The maximum Gasteiger partial charge on any atom is 0.0963 e. The van der Waals surface area contributed by atoms with Crippen molar-refractivity contribution in [1.82, 2.24) is 4.98 Å². The summed E-state index contributed by atoms with van der Waals surface area (Å²) in [6.45, 7) is 2.51. The van der Waals surface area contributed by atoms with Crippen LogP contribution in [0.15, 0.2) is 47.2 Å². The lowest BCUT2D eigenvalue weighted by atomic mass is 10.1. The molecule has 2 rings (SSSR count). The lowest BCUT2D eigenvalue weighted by Gasteiger charge is -2.13. The van der Waals surface area contributed by atoms with Gasteiger partial charge in [-0.2, -0.15) is 0 Å². The number of rotatable bonds is 4. The SMILES string of the molecule is Cc1cc(NCC(O)c2ccncc2)ccc1Br. The molecule has 94 valence electrons. The standard InChI is InChI=1S/C14H15BrN2O/c1-10-8-12(2-3-13(10)15)17-9-14(18)11-4-6-16-7-5-11/h2-8,14,17-18H,9H2,1H3. The molecule has 0 amide bonds. The largest absolute Gasteiger partial charge is 0.387 e. The molecule has 1 unspecified atom stereocenters. The van der Waals surface area contributed by atoms with Crippen molar-refractivity contribution >= 4 is 21.6 Å². The third kappa shape index (κ3) is 3.31. The first-order valence-corrected chi connectivity index (χ1v) is 6.54. The number of nitrogens with one attached hydrogen (secondary N) is 1. The van der Waals surface area contributed by atoms with Crippen LogP contribution in [0, 0.1) is 6.92 Å². The predicted molar refractivity (Wildman–Crippen MR) is 76.6 cm³/mol. The zero-order valence-corrected chi connectivity index (χ0v) is 11.7. The number of benzene rings is 1. The minimum atomic E-state index is -0.531. The number of hydrogen-bond donors (Lipinski definition) is 2. The number of aromatic nitrogens is 1. The van der Waals surface area contributed by atoms with Crippen molar-refractivity contribution in [3.8, 4) is 0 Å². The maximum atomic E-state index is 10.0. The molecule has 3 nitrogen and oxygen atoms in total. The molecule has 0 radical (unpaired) electrons. The molecule has 0 saturated carbocycles. The van der Waals surface area contributed by atoms with E-state index in [2.05, 4.69) is 26.2 Å². The molecule has 4 heteroatoms. The Labute approximate surface area is 115 Å². The van der Waals surface area contributed by atoms with E-state index in [1.807, 2.05) is 37.3 Å². The van der Waals surface area contributed by atoms with Gasteiger partial charge in [0.25, 0.3) is 0 Å². The molecule has 1 aromatic heterocycles. The molecule has 1 atom stereocenters. The van der Waals surface area contributed by atoms with Gasteiger partial charge in [-0.15, -0.1) is 0 Å². The summed E-state index contributed by atoms with van der Waals surface area (Å²) in [4.78, 5) is 3.93. The molecular formula is C14H15BrN2O. The molecule has 0 spiro atoms. The van der Waals surface area contributed by atoms with Gasteiger partial charge in [0.15, 0.2) is 0 Å². The van der Waals surface area contributed by atoms with Crippen molar-refractivity contribution in [2.45, 2.75) is 13.0 Å². The second-order valence-electron chi connectivity index (χ2n) is 4.14. The molecular weight excluding hydrogens is 292 g/mol. The van der Waals surface area contributed by atoms with Gasteiger partial charge >= 0.3 is 0 Å². The Morgan fingerprint density at radius 3 is 2.67 bits per heavy atom. The number of aryl methyl sites for hydroxylation is 1. The number of hydrogen-bond acceptors (Lipinski definition) is 3. The van der Waals surface area contributed by atoms with E-state index in [1.54, 1.807) is 12.4 Å². The minimum Gasteiger partial charge on any atom is -0.387 e. The monoisotopic (exact) mass is 306 g/mol. The summed E-state index contributed by atoms with van der Waals surface area (Å²) in [6, 6.07) is 9.66. The average Bonchev–Trinajstić information content (AvgIpc) is 2.41. The number of nitrogens with zero attached hydrogens (tertiary/aromatic N) is 1. The minimum absolute atomic E-state index is 0.477. The van der Waals surface area contributed by atoms with Crippen molar-refractivity contribution in [2.75, 3.05) is 11.9 Å². The number of aliphatic hydroxyl groups excluding tert-OH is 1. The quantitative estimate of drug-likeness (QED) is 0.911. The molecule has 0 saturated heterocycles. The van der Waals surface area contributed by atoms with Crippen molar-refractivity contribution in [3.05, 3.63) is 58.3 Å². The van der Waals surface area contributed by atoms with Crippen molar-refractivity contribution in [2.24, 2.45) is 0 Å². The van der Waals surface area contributed by atoms with Gasteiger partial charge in [0.1, 0.15) is 0 Å². The molecule has 2 N–H and O–H groups in total. The van der Waals surface area contributed by atoms with Gasteiger partial charge in [-0.05, 0) is 48.4 Å². The van der Waals surface area contributed by atoms with Crippen LogP contribution in [-0.2, 0) is 0 Å². The molecule has 0 bridgehead atoms. The van der Waals surface area contributed by atoms with Crippen molar-refractivity contribution in [1.29, 1.82) is 0 Å². The summed E-state index contributed by atoms with van der Waals surface area (Å²) >= 11 is 3.46. The average molecular weight is 307 g/mol. The Balaban J connectivity index is 1.97. The zero-order valence-electron chi connectivity index (χ0n) is 10.1. The van der Waals surface area contributed by atoms with E-state index >= 15 is 0 Å². The fraction of sp³-hybridized carbons (Fsp3) is 0.214. The van der Waals surface area contributed by atoms with Gasteiger partial charge in [-0.3, -0.25) is 4.98 Å². The van der Waals surface area contributed by atoms with E-state index in [0.29, 0.717) is 6.54 Å². The normalized spacial score (nSPS) is 12.2. The van der Waals surface area contributed by atoms with Gasteiger partial charge in [0, 0.05) is 29.1 Å². The molecule has 0 aliphatic heterocycles. The molecule has 18 heavy (non-hydrogen) atoms. The predicted octanol–water partition coefficient (Wildman–Crippen LogP) is 3.30. The molecule has 1 heterocycles. The van der Waals surface area contributed by atoms with E-state index in [9.17, 15) is 5.11 Å². The summed E-state index contributed by atoms with van der Waals surface area (Å²) in [7, 11) is 0. The van der Waals surface area contributed by atoms with E-state index in [1.165, 1.54) is 5.56 Å². The summed E-state index contributed by atoms with van der Waals surface area (Å²) in [5, 5.41) is 13.2. The Kier molecular flexibility index (Phi) is 4.33. The van der Waals surface area contributed by atoms with Crippen LogP contribution in [0.4, 0.5) is 5.69 Å². The Morgan fingerprint density at radius 1 is 1.28 bits per heavy atom. The number of halogens is 1. The first kappa shape index (κ1) is 13.1. The Bertz CT molecular complexity index is 516. The molecule has 2 aromatic rings. The van der Waals surface area contributed by atoms with Gasteiger partial charge in [-0.25, -0.2) is 0 Å². The molecule has 1 aromatic carbocycles. The Hall–Kier alpha value is -1.39. The van der Waals surface area contributed by atoms with Gasteiger partial charge in [0.2, 0.25) is 0 Å². The second-order valence-corrected chi connectivity index (χ2v) is 5.00. The van der Waals surface area contributed by atoms with Crippen molar-refractivity contribution < 1.29 is 5.11 Å². The van der Waals surface area contributed by atoms with E-state index in [4.69, 9.17) is 0 Å². The number of aliphatic hydroxyl groups is 1.